The fourth-order valence-corrected chi connectivity index (χ4v) is 6.82. The van der Waals surface area contributed by atoms with Gasteiger partial charge in [-0.3, -0.25) is 7.32 Å². The lowest BCUT2D eigenvalue weighted by Gasteiger charge is -2.35. The molecular formula is C56H105BF4N14O3. The van der Waals surface area contributed by atoms with Crippen molar-refractivity contribution in [3.05, 3.63) is 131 Å². The summed E-state index contributed by atoms with van der Waals surface area (Å²) in [7, 11) is 11.4. The molecular weight excluding hydrogens is 1000 g/mol. The highest BCUT2D eigenvalue weighted by atomic mass is 19.0. The fourth-order valence-electron chi connectivity index (χ4n) is 6.82. The van der Waals surface area contributed by atoms with Crippen LogP contribution in [-0.4, -0.2) is 39.3 Å². The molecule has 0 amide bonds. The Hall–Kier alpha value is -5.87. The van der Waals surface area contributed by atoms with Gasteiger partial charge in [-0.05, 0) is 44.9 Å². The van der Waals surface area contributed by atoms with Gasteiger partial charge in [0, 0.05) is 0 Å². The molecule has 0 fully saturated rings. The largest absolute Gasteiger partial charge is 1.00 e. The normalized spacial score (nSPS) is 9.50. The van der Waals surface area contributed by atoms with Crippen molar-refractivity contribution in [2.45, 2.75) is 184 Å². The van der Waals surface area contributed by atoms with Crippen LogP contribution in [0.3, 0.4) is 0 Å². The van der Waals surface area contributed by atoms with Crippen molar-refractivity contribution in [3.8, 4) is 0 Å². The Kier molecular flexibility index (Phi) is 55.2. The number of halogens is 4. The number of aromatic nitrogens is 14. The van der Waals surface area contributed by atoms with Crippen molar-refractivity contribution in [2.75, 3.05) is 0 Å². The van der Waals surface area contributed by atoms with Crippen molar-refractivity contribution < 1.29 is 65.9 Å². The smallest absolute Gasteiger partial charge is 0.243 e. The van der Waals surface area contributed by atoms with E-state index in [0.717, 1.165) is 45.8 Å². The molecule has 0 bridgehead atoms. The van der Waals surface area contributed by atoms with E-state index in [1.54, 1.807) is 0 Å². The quantitative estimate of drug-likeness (QED) is 0.0403. The number of hydrogen-bond acceptors (Lipinski definition) is 3. The van der Waals surface area contributed by atoms with Crippen LogP contribution < -0.4 is 65.9 Å². The summed E-state index contributed by atoms with van der Waals surface area (Å²) in [6.45, 7) is 23.5. The van der Waals surface area contributed by atoms with Gasteiger partial charge in [-0.15, -0.1) is 0 Å². The third-order valence-corrected chi connectivity index (χ3v) is 11.2. The zero-order valence-corrected chi connectivity index (χ0v) is 50.5. The van der Waals surface area contributed by atoms with Crippen LogP contribution in [0.5, 0.6) is 0 Å². The molecule has 0 N–H and O–H groups in total. The lowest BCUT2D eigenvalue weighted by Crippen LogP contribution is -3.00. The summed E-state index contributed by atoms with van der Waals surface area (Å²) in [5.41, 5.74) is 0. The molecule has 78 heavy (non-hydrogen) atoms. The Labute approximate surface area is 468 Å². The van der Waals surface area contributed by atoms with Gasteiger partial charge in [-0.25, -0.2) is 63.9 Å². The summed E-state index contributed by atoms with van der Waals surface area (Å²) in [5.74, 6) is 0. The maximum atomic E-state index is 8.42. The molecule has 7 heterocycles. The molecule has 0 unspecified atom stereocenters. The van der Waals surface area contributed by atoms with Gasteiger partial charge in [0.1, 0.15) is 86.8 Å². The van der Waals surface area contributed by atoms with Gasteiger partial charge in [-0.2, -0.15) is 0 Å². The van der Waals surface area contributed by atoms with Crippen LogP contribution in [0.2, 0.25) is 0 Å². The van der Waals surface area contributed by atoms with Crippen LogP contribution in [0.25, 0.3) is 0 Å². The van der Waals surface area contributed by atoms with E-state index in [4.69, 9.17) is 15.1 Å². The van der Waals surface area contributed by atoms with Crippen molar-refractivity contribution in [2.24, 2.45) is 49.3 Å². The van der Waals surface area contributed by atoms with Crippen molar-refractivity contribution >= 4 is 7.32 Å². The van der Waals surface area contributed by atoms with Crippen LogP contribution in [-0.2, 0) is 95.1 Å². The van der Waals surface area contributed by atoms with E-state index in [2.05, 4.69) is 243 Å². The molecule has 0 aliphatic heterocycles. The van der Waals surface area contributed by atoms with Crippen molar-refractivity contribution in [1.82, 2.24) is 32.0 Å². The molecule has 22 heteroatoms. The predicted octanol–water partition coefficient (Wildman–Crippen LogP) is -8.14. The first-order chi connectivity index (χ1) is 35.5. The Balaban J connectivity index is -0.000000260. The second kappa shape index (κ2) is 53.2. The minimum absolute atomic E-state index is 0. The summed E-state index contributed by atoms with van der Waals surface area (Å²) >= 11 is 0. The standard InChI is InChI=1S/7C8H15N2.BO3.4FH/c7*1-3-4-5-10-7-6-9(2)8-10;2-1(3)4;;;;/h7*6-8H,3-5H2,1-2H3;;4*1H/q7*+1;-3;;;;/p-4. The molecule has 7 rings (SSSR count). The van der Waals surface area contributed by atoms with E-state index >= 15 is 0 Å². The average Bonchev–Trinajstić information content (AvgIpc) is 4.27. The molecule has 0 atom stereocenters. The minimum atomic E-state index is -2.92. The van der Waals surface area contributed by atoms with Crippen LogP contribution in [0, 0.1) is 0 Å². The monoisotopic (exact) mass is 1110 g/mol. The Morgan fingerprint density at radius 2 is 0.359 bits per heavy atom. The minimum Gasteiger partial charge on any atom is -1.00 e. The second-order valence-corrected chi connectivity index (χ2v) is 19.0. The van der Waals surface area contributed by atoms with Gasteiger partial charge >= 0.3 is 0 Å². The van der Waals surface area contributed by atoms with Crippen LogP contribution in [0.1, 0.15) is 138 Å². The SMILES string of the molecule is CCCC[n+]1ccn(C)c1.CCCC[n+]1ccn(C)c1.CCCC[n+]1ccn(C)c1.CCCC[n+]1ccn(C)c1.CCCC[n+]1ccn(C)c1.CCCC[n+]1ccn(C)c1.CCCC[n+]1ccn(C)c1.[F-].[F-].[F-].[F-].[O-]B([O-])[O-]. The first-order valence-corrected chi connectivity index (χ1v) is 27.6. The summed E-state index contributed by atoms with van der Waals surface area (Å²) < 4.78 is 29.9. The molecule has 0 spiro atoms. The van der Waals surface area contributed by atoms with Gasteiger partial charge < -0.3 is 33.9 Å². The molecule has 0 saturated carbocycles. The van der Waals surface area contributed by atoms with E-state index in [0.29, 0.717) is 0 Å². The van der Waals surface area contributed by atoms with E-state index in [1.807, 2.05) is 49.3 Å². The number of nitrogens with zero attached hydrogens (tertiary/aromatic N) is 14. The summed E-state index contributed by atoms with van der Waals surface area (Å²) in [6.07, 6.45) is 61.7. The molecule has 448 valence electrons. The fraction of sp³-hybridized carbons (Fsp3) is 0.625. The third kappa shape index (κ3) is 46.3. The molecule has 0 aliphatic carbocycles. The van der Waals surface area contributed by atoms with E-state index in [-0.39, 0.29) is 18.8 Å². The highest BCUT2D eigenvalue weighted by Gasteiger charge is 2.01. The van der Waals surface area contributed by atoms with Crippen LogP contribution >= 0.6 is 0 Å². The second-order valence-electron chi connectivity index (χ2n) is 19.0. The summed E-state index contributed by atoms with van der Waals surface area (Å²) in [5, 5.41) is 25.2. The van der Waals surface area contributed by atoms with E-state index < -0.39 is 7.32 Å². The Morgan fingerprint density at radius 1 is 0.256 bits per heavy atom. The number of hydrogen-bond donors (Lipinski definition) is 0. The van der Waals surface area contributed by atoms with Crippen LogP contribution in [0.4, 0.5) is 0 Å². The Bertz CT molecular complexity index is 1870. The lowest BCUT2D eigenvalue weighted by molar-refractivity contribution is -0.696. The molecule has 7 aromatic rings. The van der Waals surface area contributed by atoms with Gasteiger partial charge in [-0.1, -0.05) is 93.4 Å². The van der Waals surface area contributed by atoms with Gasteiger partial charge in [0.2, 0.25) is 44.3 Å². The summed E-state index contributed by atoms with van der Waals surface area (Å²) in [6, 6.07) is 0. The van der Waals surface area contributed by atoms with Crippen molar-refractivity contribution in [1.29, 1.82) is 0 Å². The molecule has 0 saturated heterocycles. The maximum Gasteiger partial charge on any atom is 0.243 e. The number of imidazole rings is 7. The summed E-state index contributed by atoms with van der Waals surface area (Å²) in [4.78, 5) is 0. The first-order valence-electron chi connectivity index (χ1n) is 27.6. The zero-order valence-electron chi connectivity index (χ0n) is 50.5. The number of rotatable bonds is 21. The first kappa shape index (κ1) is 81.0. The lowest BCUT2D eigenvalue weighted by atomic mass is 10.3. The molecule has 7 aromatic heterocycles. The number of aryl methyl sites for hydroxylation is 14. The van der Waals surface area contributed by atoms with Gasteiger partial charge in [0.15, 0.2) is 0 Å². The number of unbranched alkanes of at least 4 members (excludes halogenated alkanes) is 7. The van der Waals surface area contributed by atoms with E-state index in [1.165, 1.54) is 89.9 Å². The maximum absolute atomic E-state index is 8.42. The topological polar surface area (TPSA) is 131 Å². The van der Waals surface area contributed by atoms with Gasteiger partial charge in [0.05, 0.1) is 95.1 Å². The highest BCUT2D eigenvalue weighted by Crippen LogP contribution is 1.91. The third-order valence-electron chi connectivity index (χ3n) is 11.2. The molecule has 17 nitrogen and oxygen atoms in total. The molecule has 0 aromatic carbocycles. The zero-order chi connectivity index (χ0) is 55.4. The molecule has 0 radical (unpaired) electrons. The van der Waals surface area contributed by atoms with Crippen molar-refractivity contribution in [3.63, 3.8) is 0 Å². The Morgan fingerprint density at radius 3 is 0.423 bits per heavy atom. The predicted molar refractivity (Wildman–Crippen MR) is 289 cm³/mol. The average molecular weight is 1110 g/mol. The van der Waals surface area contributed by atoms with E-state index in [9.17, 15) is 0 Å². The highest BCUT2D eigenvalue weighted by molar-refractivity contribution is 6.24. The van der Waals surface area contributed by atoms with Crippen LogP contribution in [0.15, 0.2) is 131 Å². The molecule has 0 aliphatic rings. The van der Waals surface area contributed by atoms with Gasteiger partial charge in [0.25, 0.3) is 0 Å².